The predicted molar refractivity (Wildman–Crippen MR) is 132 cm³/mol. The Hall–Kier alpha value is -4.77. The number of carbonyl (C=O) groups is 1. The van der Waals surface area contributed by atoms with Crippen LogP contribution in [-0.2, 0) is 17.9 Å². The summed E-state index contributed by atoms with van der Waals surface area (Å²) in [5.74, 6) is 1.10. The first kappa shape index (κ1) is 23.0. The van der Waals surface area contributed by atoms with Crippen molar-refractivity contribution in [3.05, 3.63) is 95.4 Å². The molecule has 0 aliphatic carbocycles. The molecule has 0 fully saturated rings. The van der Waals surface area contributed by atoms with Crippen LogP contribution in [0.3, 0.4) is 0 Å². The zero-order valence-electron chi connectivity index (χ0n) is 19.2. The number of fused-ring (bicyclic) bond motifs is 2. The summed E-state index contributed by atoms with van der Waals surface area (Å²) in [5.41, 5.74) is 2.54. The Morgan fingerprint density at radius 3 is 2.75 bits per heavy atom. The molecule has 7 nitrogen and oxygen atoms in total. The number of benzene rings is 3. The van der Waals surface area contributed by atoms with Gasteiger partial charge in [0.2, 0.25) is 6.79 Å². The van der Waals surface area contributed by atoms with Crippen molar-refractivity contribution in [3.8, 4) is 23.3 Å². The van der Waals surface area contributed by atoms with Crippen LogP contribution in [0.1, 0.15) is 11.1 Å². The second-order valence-corrected chi connectivity index (χ2v) is 8.14. The molecule has 180 valence electrons. The summed E-state index contributed by atoms with van der Waals surface area (Å²) in [6.45, 7) is 1.33. The maximum Gasteiger partial charge on any atom is 0.262 e. The summed E-state index contributed by atoms with van der Waals surface area (Å²) >= 11 is 0. The van der Waals surface area contributed by atoms with E-state index in [1.54, 1.807) is 30.3 Å². The molecule has 0 spiro atoms. The minimum atomic E-state index is -0.466. The van der Waals surface area contributed by atoms with Gasteiger partial charge < -0.3 is 24.1 Å². The van der Waals surface area contributed by atoms with Crippen molar-refractivity contribution in [3.63, 3.8) is 0 Å². The lowest BCUT2D eigenvalue weighted by Gasteiger charge is -2.08. The molecule has 0 bridgehead atoms. The highest BCUT2D eigenvalue weighted by Gasteiger charge is 2.15. The number of nitrogens with one attached hydrogen (secondary N) is 1. The van der Waals surface area contributed by atoms with Gasteiger partial charge in [0.25, 0.3) is 5.91 Å². The van der Waals surface area contributed by atoms with E-state index in [-0.39, 0.29) is 24.7 Å². The molecule has 0 saturated heterocycles. The number of hydrogen-bond donors (Lipinski definition) is 1. The van der Waals surface area contributed by atoms with E-state index in [2.05, 4.69) is 5.32 Å². The molecule has 0 saturated carbocycles. The van der Waals surface area contributed by atoms with E-state index in [9.17, 15) is 14.4 Å². The van der Waals surface area contributed by atoms with Crippen LogP contribution in [-0.4, -0.2) is 23.9 Å². The van der Waals surface area contributed by atoms with E-state index in [1.165, 1.54) is 12.1 Å². The number of carbonyl (C=O) groups excluding carboxylic acids is 1. The van der Waals surface area contributed by atoms with E-state index in [4.69, 9.17) is 14.2 Å². The number of hydrogen-bond acceptors (Lipinski definition) is 5. The van der Waals surface area contributed by atoms with Crippen LogP contribution in [0, 0.1) is 17.1 Å². The number of aromatic nitrogens is 1. The topological polar surface area (TPSA) is 85.5 Å². The fraction of sp³-hybridized carbons (Fsp3) is 0.143. The van der Waals surface area contributed by atoms with Gasteiger partial charge in [-0.3, -0.25) is 4.79 Å². The molecule has 4 aromatic rings. The van der Waals surface area contributed by atoms with E-state index >= 15 is 0 Å². The van der Waals surface area contributed by atoms with Crippen LogP contribution >= 0.6 is 0 Å². The van der Waals surface area contributed by atoms with Gasteiger partial charge in [0.1, 0.15) is 29.8 Å². The fourth-order valence-electron chi connectivity index (χ4n) is 4.00. The molecule has 5 rings (SSSR count). The van der Waals surface area contributed by atoms with Crippen molar-refractivity contribution < 1.29 is 23.4 Å². The van der Waals surface area contributed by atoms with E-state index in [1.807, 2.05) is 47.2 Å². The number of rotatable bonds is 8. The Morgan fingerprint density at radius 1 is 1.11 bits per heavy atom. The molecule has 0 unspecified atom stereocenters. The highest BCUT2D eigenvalue weighted by Crippen LogP contribution is 2.32. The first-order valence-electron chi connectivity index (χ1n) is 11.4. The molecule has 1 aliphatic heterocycles. The molecule has 1 aliphatic rings. The van der Waals surface area contributed by atoms with Crippen LogP contribution < -0.4 is 19.5 Å². The molecular formula is C28H22FN3O4. The average Bonchev–Trinajstić information content (AvgIpc) is 3.51. The van der Waals surface area contributed by atoms with Gasteiger partial charge in [-0.1, -0.05) is 24.3 Å². The fourth-order valence-corrected chi connectivity index (χ4v) is 4.00. The van der Waals surface area contributed by atoms with Crippen LogP contribution in [0.5, 0.6) is 17.2 Å². The molecule has 0 atom stereocenters. The van der Waals surface area contributed by atoms with Gasteiger partial charge in [-0.25, -0.2) is 4.39 Å². The van der Waals surface area contributed by atoms with Gasteiger partial charge in [-0.2, -0.15) is 5.26 Å². The molecule has 1 amide bonds. The number of para-hydroxylation sites is 1. The van der Waals surface area contributed by atoms with E-state index in [0.717, 1.165) is 22.0 Å². The van der Waals surface area contributed by atoms with Gasteiger partial charge in [0.05, 0.1) is 6.54 Å². The molecular weight excluding hydrogens is 461 g/mol. The Balaban J connectivity index is 1.29. The Labute approximate surface area is 206 Å². The van der Waals surface area contributed by atoms with E-state index < -0.39 is 5.91 Å². The van der Waals surface area contributed by atoms with Gasteiger partial charge in [0.15, 0.2) is 11.5 Å². The maximum absolute atomic E-state index is 13.1. The smallest absolute Gasteiger partial charge is 0.262 e. The summed E-state index contributed by atoms with van der Waals surface area (Å²) in [6, 6.07) is 21.1. The third-order valence-corrected chi connectivity index (χ3v) is 5.79. The summed E-state index contributed by atoms with van der Waals surface area (Å²) in [7, 11) is 0. The van der Waals surface area contributed by atoms with Crippen LogP contribution in [0.25, 0.3) is 17.0 Å². The molecule has 1 aromatic heterocycles. The third-order valence-electron chi connectivity index (χ3n) is 5.79. The Morgan fingerprint density at radius 2 is 1.92 bits per heavy atom. The average molecular weight is 483 g/mol. The van der Waals surface area contributed by atoms with Crippen molar-refractivity contribution in [1.29, 1.82) is 5.26 Å². The molecule has 3 aromatic carbocycles. The highest BCUT2D eigenvalue weighted by molar-refractivity contribution is 6.04. The second kappa shape index (κ2) is 10.2. The van der Waals surface area contributed by atoms with Gasteiger partial charge in [0, 0.05) is 29.2 Å². The zero-order valence-corrected chi connectivity index (χ0v) is 19.2. The van der Waals surface area contributed by atoms with Crippen molar-refractivity contribution in [2.75, 3.05) is 13.4 Å². The largest absolute Gasteiger partial charge is 0.492 e. The van der Waals surface area contributed by atoms with Crippen molar-refractivity contribution in [2.24, 2.45) is 0 Å². The standard InChI is InChI=1S/C28H22FN3O4/c29-22-6-8-23(9-7-22)34-12-11-32-17-21(24-3-1-2-4-25(24)32)14-20(15-30)28(33)31-16-19-5-10-26-27(13-19)36-18-35-26/h1-10,13-14,17H,11-12,16,18H2,(H,31,33). The quantitative estimate of drug-likeness (QED) is 0.287. The maximum atomic E-state index is 13.1. The molecule has 1 N–H and O–H groups in total. The summed E-state index contributed by atoms with van der Waals surface area (Å²) in [4.78, 5) is 12.8. The number of halogens is 1. The Bertz CT molecular complexity index is 1490. The van der Waals surface area contributed by atoms with Crippen molar-refractivity contribution in [2.45, 2.75) is 13.1 Å². The molecule has 36 heavy (non-hydrogen) atoms. The summed E-state index contributed by atoms with van der Waals surface area (Å²) in [6.07, 6.45) is 3.48. The van der Waals surface area contributed by atoms with Crippen LogP contribution in [0.2, 0.25) is 0 Å². The number of ether oxygens (including phenoxy) is 3. The number of nitrogens with zero attached hydrogens (tertiary/aromatic N) is 2. The van der Waals surface area contributed by atoms with Crippen molar-refractivity contribution >= 4 is 22.9 Å². The molecule has 2 heterocycles. The highest BCUT2D eigenvalue weighted by atomic mass is 19.1. The third kappa shape index (κ3) is 5.00. The minimum absolute atomic E-state index is 0.00112. The molecule has 8 heteroatoms. The summed E-state index contributed by atoms with van der Waals surface area (Å²) in [5, 5.41) is 13.4. The lowest BCUT2D eigenvalue weighted by molar-refractivity contribution is -0.117. The minimum Gasteiger partial charge on any atom is -0.492 e. The lowest BCUT2D eigenvalue weighted by atomic mass is 10.1. The summed E-state index contributed by atoms with van der Waals surface area (Å²) < 4.78 is 31.5. The monoisotopic (exact) mass is 483 g/mol. The first-order valence-corrected chi connectivity index (χ1v) is 11.4. The first-order chi connectivity index (χ1) is 17.6. The van der Waals surface area contributed by atoms with Gasteiger partial charge in [-0.05, 0) is 54.1 Å². The SMILES string of the molecule is N#CC(=Cc1cn(CCOc2ccc(F)cc2)c2ccccc12)C(=O)NCc1ccc2c(c1)OCO2. The van der Waals surface area contributed by atoms with E-state index in [0.29, 0.717) is 30.4 Å². The lowest BCUT2D eigenvalue weighted by Crippen LogP contribution is -2.23. The van der Waals surface area contributed by atoms with Crippen LogP contribution in [0.4, 0.5) is 4.39 Å². The number of nitriles is 1. The van der Waals surface area contributed by atoms with Crippen LogP contribution in [0.15, 0.2) is 78.5 Å². The van der Waals surface area contributed by atoms with Gasteiger partial charge >= 0.3 is 0 Å². The van der Waals surface area contributed by atoms with Gasteiger partial charge in [-0.15, -0.1) is 0 Å². The Kier molecular flexibility index (Phi) is 6.54. The molecule has 0 radical (unpaired) electrons. The normalized spacial score (nSPS) is 12.4. The zero-order chi connectivity index (χ0) is 24.9. The second-order valence-electron chi connectivity index (χ2n) is 8.14. The van der Waals surface area contributed by atoms with Crippen molar-refractivity contribution in [1.82, 2.24) is 9.88 Å². The predicted octanol–water partition coefficient (Wildman–Crippen LogP) is 4.81. The number of amides is 1.